The summed E-state index contributed by atoms with van der Waals surface area (Å²) in [5.74, 6) is 1.68. The Kier molecular flexibility index (Phi) is 4.15. The van der Waals surface area contributed by atoms with Crippen molar-refractivity contribution in [2.24, 2.45) is 5.92 Å². The van der Waals surface area contributed by atoms with E-state index in [0.29, 0.717) is 12.0 Å². The van der Waals surface area contributed by atoms with Crippen molar-refractivity contribution in [2.45, 2.75) is 59.0 Å². The fourth-order valence-electron chi connectivity index (χ4n) is 2.93. The highest BCUT2D eigenvalue weighted by Crippen LogP contribution is 2.33. The zero-order valence-corrected chi connectivity index (χ0v) is 11.8. The van der Waals surface area contributed by atoms with Gasteiger partial charge in [0.15, 0.2) is 0 Å². The van der Waals surface area contributed by atoms with Crippen molar-refractivity contribution in [3.63, 3.8) is 0 Å². The predicted molar refractivity (Wildman–Crippen MR) is 77.0 cm³/mol. The predicted octanol–water partition coefficient (Wildman–Crippen LogP) is 4.23. The monoisotopic (exact) mass is 247 g/mol. The molecule has 0 saturated heterocycles. The van der Waals surface area contributed by atoms with Crippen LogP contribution >= 0.6 is 0 Å². The number of hydrogen-bond donors (Lipinski definition) is 1. The van der Waals surface area contributed by atoms with Crippen LogP contribution in [0.15, 0.2) is 12.1 Å². The molecule has 2 N–H and O–H groups in total. The third-order valence-electron chi connectivity index (χ3n) is 4.21. The van der Waals surface area contributed by atoms with E-state index in [-0.39, 0.29) is 0 Å². The Morgan fingerprint density at radius 1 is 1.17 bits per heavy atom. The summed E-state index contributed by atoms with van der Waals surface area (Å²) in [6.07, 6.45) is 6.73. The van der Waals surface area contributed by atoms with Crippen LogP contribution in [0, 0.1) is 19.8 Å². The second-order valence-corrected chi connectivity index (χ2v) is 5.58. The minimum atomic E-state index is 0.379. The van der Waals surface area contributed by atoms with E-state index in [1.54, 1.807) is 0 Å². The molecule has 18 heavy (non-hydrogen) atoms. The Labute approximate surface area is 111 Å². The van der Waals surface area contributed by atoms with Crippen molar-refractivity contribution in [1.82, 2.24) is 0 Å². The minimum absolute atomic E-state index is 0.379. The summed E-state index contributed by atoms with van der Waals surface area (Å²) >= 11 is 0. The summed E-state index contributed by atoms with van der Waals surface area (Å²) in [6, 6.07) is 4.11. The first-order valence-electron chi connectivity index (χ1n) is 7.15. The molecular weight excluding hydrogens is 222 g/mol. The molecule has 0 heterocycles. The molecule has 1 aromatic carbocycles. The zero-order valence-electron chi connectivity index (χ0n) is 11.8. The topological polar surface area (TPSA) is 35.2 Å². The van der Waals surface area contributed by atoms with E-state index in [2.05, 4.69) is 19.9 Å². The highest BCUT2D eigenvalue weighted by Gasteiger charge is 2.25. The first kappa shape index (κ1) is 13.3. The van der Waals surface area contributed by atoms with Gasteiger partial charge in [-0.05, 0) is 56.6 Å². The Balaban J connectivity index is 2.15. The molecule has 0 radical (unpaired) electrons. The normalized spacial score (nSPS) is 23.9. The number of nitrogen functional groups attached to an aromatic ring is 1. The lowest BCUT2D eigenvalue weighted by atomic mass is 9.84. The Bertz CT molecular complexity index is 414. The van der Waals surface area contributed by atoms with Gasteiger partial charge in [0.25, 0.3) is 0 Å². The van der Waals surface area contributed by atoms with Crippen LogP contribution in [0.1, 0.15) is 50.2 Å². The maximum Gasteiger partial charge on any atom is 0.124 e. The van der Waals surface area contributed by atoms with Gasteiger partial charge in [-0.25, -0.2) is 0 Å². The molecule has 2 unspecified atom stereocenters. The molecule has 0 bridgehead atoms. The van der Waals surface area contributed by atoms with Gasteiger partial charge in [0.05, 0.1) is 0 Å². The number of rotatable bonds is 3. The van der Waals surface area contributed by atoms with Crippen molar-refractivity contribution in [3.8, 4) is 5.75 Å². The molecule has 1 saturated carbocycles. The van der Waals surface area contributed by atoms with Crippen molar-refractivity contribution in [3.05, 3.63) is 23.3 Å². The molecule has 1 aromatic rings. The van der Waals surface area contributed by atoms with Gasteiger partial charge in [-0.2, -0.15) is 0 Å². The van der Waals surface area contributed by atoms with Crippen molar-refractivity contribution in [2.75, 3.05) is 5.73 Å². The van der Waals surface area contributed by atoms with E-state index in [1.165, 1.54) is 37.7 Å². The zero-order chi connectivity index (χ0) is 13.1. The molecule has 2 nitrogen and oxygen atoms in total. The van der Waals surface area contributed by atoms with Crippen LogP contribution in [0.2, 0.25) is 0 Å². The first-order valence-corrected chi connectivity index (χ1v) is 7.15. The van der Waals surface area contributed by atoms with E-state index >= 15 is 0 Å². The molecule has 0 amide bonds. The molecule has 2 heteroatoms. The van der Waals surface area contributed by atoms with Crippen molar-refractivity contribution >= 4 is 5.69 Å². The smallest absolute Gasteiger partial charge is 0.124 e. The van der Waals surface area contributed by atoms with Gasteiger partial charge in [0, 0.05) is 11.8 Å². The Morgan fingerprint density at radius 2 is 1.89 bits per heavy atom. The summed E-state index contributed by atoms with van der Waals surface area (Å²) in [5.41, 5.74) is 9.15. The SMILES string of the molecule is CCC1CCCCC1Oc1cc(N)c(C)cc1C. The third kappa shape index (κ3) is 2.80. The summed E-state index contributed by atoms with van der Waals surface area (Å²) in [5, 5.41) is 0. The Morgan fingerprint density at radius 3 is 2.61 bits per heavy atom. The van der Waals surface area contributed by atoms with Gasteiger partial charge in [0.1, 0.15) is 11.9 Å². The number of hydrogen-bond acceptors (Lipinski definition) is 2. The lowest BCUT2D eigenvalue weighted by Gasteiger charge is -2.31. The summed E-state index contributed by atoms with van der Waals surface area (Å²) < 4.78 is 6.25. The average Bonchev–Trinajstić information content (AvgIpc) is 2.36. The molecule has 2 atom stereocenters. The highest BCUT2D eigenvalue weighted by atomic mass is 16.5. The molecule has 2 rings (SSSR count). The van der Waals surface area contributed by atoms with E-state index in [9.17, 15) is 0 Å². The molecule has 1 aliphatic carbocycles. The molecule has 0 aliphatic heterocycles. The summed E-state index contributed by atoms with van der Waals surface area (Å²) in [6.45, 7) is 6.41. The number of aryl methyl sites for hydroxylation is 2. The number of benzene rings is 1. The minimum Gasteiger partial charge on any atom is -0.490 e. The molecular formula is C16H25NO. The van der Waals surface area contributed by atoms with Gasteiger partial charge in [-0.3, -0.25) is 0 Å². The van der Waals surface area contributed by atoms with Gasteiger partial charge in [-0.15, -0.1) is 0 Å². The summed E-state index contributed by atoms with van der Waals surface area (Å²) in [4.78, 5) is 0. The van der Waals surface area contributed by atoms with Gasteiger partial charge in [-0.1, -0.05) is 19.4 Å². The maximum atomic E-state index is 6.25. The molecule has 1 fully saturated rings. The molecule has 100 valence electrons. The van der Waals surface area contributed by atoms with Crippen molar-refractivity contribution < 1.29 is 4.74 Å². The third-order valence-corrected chi connectivity index (χ3v) is 4.21. The van der Waals surface area contributed by atoms with Gasteiger partial charge < -0.3 is 10.5 Å². The van der Waals surface area contributed by atoms with Crippen LogP contribution in [-0.4, -0.2) is 6.10 Å². The maximum absolute atomic E-state index is 6.25. The first-order chi connectivity index (χ1) is 8.61. The number of ether oxygens (including phenoxy) is 1. The lowest BCUT2D eigenvalue weighted by Crippen LogP contribution is -2.30. The van der Waals surface area contributed by atoms with Crippen LogP contribution in [0.3, 0.4) is 0 Å². The number of anilines is 1. The van der Waals surface area contributed by atoms with Crippen LogP contribution in [-0.2, 0) is 0 Å². The van der Waals surface area contributed by atoms with Gasteiger partial charge in [0.2, 0.25) is 0 Å². The van der Waals surface area contributed by atoms with E-state index in [1.807, 2.05) is 13.0 Å². The van der Waals surface area contributed by atoms with Crippen molar-refractivity contribution in [1.29, 1.82) is 0 Å². The summed E-state index contributed by atoms with van der Waals surface area (Å²) in [7, 11) is 0. The number of nitrogens with two attached hydrogens (primary N) is 1. The molecule has 1 aliphatic rings. The van der Waals surface area contributed by atoms with Crippen LogP contribution < -0.4 is 10.5 Å². The van der Waals surface area contributed by atoms with E-state index in [0.717, 1.165) is 17.0 Å². The largest absolute Gasteiger partial charge is 0.490 e. The van der Waals surface area contributed by atoms with Crippen LogP contribution in [0.5, 0.6) is 5.75 Å². The molecule has 0 aromatic heterocycles. The fourth-order valence-corrected chi connectivity index (χ4v) is 2.93. The quantitative estimate of drug-likeness (QED) is 0.811. The van der Waals surface area contributed by atoms with Crippen LogP contribution in [0.4, 0.5) is 5.69 Å². The van der Waals surface area contributed by atoms with Crippen LogP contribution in [0.25, 0.3) is 0 Å². The average molecular weight is 247 g/mol. The van der Waals surface area contributed by atoms with E-state index in [4.69, 9.17) is 10.5 Å². The standard InChI is InChI=1S/C16H25NO/c1-4-13-7-5-6-8-15(13)18-16-10-14(17)11(2)9-12(16)3/h9-10,13,15H,4-8,17H2,1-3H3. The lowest BCUT2D eigenvalue weighted by molar-refractivity contribution is 0.0897. The second kappa shape index (κ2) is 5.64. The van der Waals surface area contributed by atoms with Gasteiger partial charge >= 0.3 is 0 Å². The fraction of sp³-hybridized carbons (Fsp3) is 0.625. The highest BCUT2D eigenvalue weighted by molar-refractivity contribution is 5.54. The second-order valence-electron chi connectivity index (χ2n) is 5.58. The van der Waals surface area contributed by atoms with E-state index < -0.39 is 0 Å². The Hall–Kier alpha value is -1.18. The molecule has 0 spiro atoms.